The van der Waals surface area contributed by atoms with Crippen LogP contribution in [0.4, 0.5) is 15.8 Å². The van der Waals surface area contributed by atoms with Gasteiger partial charge in [0.25, 0.3) is 11.6 Å². The first-order valence-corrected chi connectivity index (χ1v) is 7.13. The van der Waals surface area contributed by atoms with E-state index < -0.39 is 22.3 Å². The zero-order chi connectivity index (χ0) is 17.7. The van der Waals surface area contributed by atoms with Gasteiger partial charge in [0.1, 0.15) is 11.4 Å². The van der Waals surface area contributed by atoms with Crippen LogP contribution in [0.25, 0.3) is 0 Å². The third-order valence-corrected chi connectivity index (χ3v) is 3.42. The van der Waals surface area contributed by atoms with Gasteiger partial charge in [-0.2, -0.15) is 5.26 Å². The van der Waals surface area contributed by atoms with Crippen LogP contribution in [0.1, 0.15) is 22.3 Å². The average molecular weight is 327 g/mol. The van der Waals surface area contributed by atoms with Crippen LogP contribution in [0.2, 0.25) is 0 Å². The largest absolute Gasteiger partial charge is 0.307 e. The topological polar surface area (TPSA) is 87.2 Å². The lowest BCUT2D eigenvalue weighted by molar-refractivity contribution is -0.385. The second-order valence-corrected chi connectivity index (χ2v) is 5.12. The molecule has 0 aliphatic rings. The molecule has 0 saturated carbocycles. The van der Waals surface area contributed by atoms with E-state index in [-0.39, 0.29) is 18.5 Å². The number of benzene rings is 2. The molecule has 2 aromatic rings. The van der Waals surface area contributed by atoms with Crippen LogP contribution in [-0.4, -0.2) is 17.4 Å². The molecule has 0 aromatic heterocycles. The monoisotopic (exact) mass is 327 g/mol. The number of nitrogens with zero attached hydrogens (tertiary/aromatic N) is 3. The lowest BCUT2D eigenvalue weighted by Crippen LogP contribution is -2.32. The average Bonchev–Trinajstić information content (AvgIpc) is 2.56. The Kier molecular flexibility index (Phi) is 5.22. The molecule has 0 radical (unpaired) electrons. The van der Waals surface area contributed by atoms with Crippen LogP contribution >= 0.6 is 0 Å². The van der Waals surface area contributed by atoms with Gasteiger partial charge in [-0.3, -0.25) is 14.9 Å². The van der Waals surface area contributed by atoms with Crippen molar-refractivity contribution < 1.29 is 14.1 Å². The van der Waals surface area contributed by atoms with Gasteiger partial charge in [-0.1, -0.05) is 17.7 Å². The van der Waals surface area contributed by atoms with Gasteiger partial charge in [-0.25, -0.2) is 4.39 Å². The molecule has 0 aliphatic carbocycles. The number of nitriles is 1. The highest BCUT2D eigenvalue weighted by Gasteiger charge is 2.26. The summed E-state index contributed by atoms with van der Waals surface area (Å²) in [7, 11) is 0. The zero-order valence-electron chi connectivity index (χ0n) is 12.9. The van der Waals surface area contributed by atoms with E-state index in [1.54, 1.807) is 24.3 Å². The third kappa shape index (κ3) is 3.73. The summed E-state index contributed by atoms with van der Waals surface area (Å²) < 4.78 is 13.5. The molecule has 1 amide bonds. The second kappa shape index (κ2) is 7.33. The third-order valence-electron chi connectivity index (χ3n) is 3.42. The molecule has 0 fully saturated rings. The van der Waals surface area contributed by atoms with E-state index in [0.29, 0.717) is 5.69 Å². The zero-order valence-corrected chi connectivity index (χ0v) is 12.9. The number of aryl methyl sites for hydroxylation is 1. The normalized spacial score (nSPS) is 10.0. The summed E-state index contributed by atoms with van der Waals surface area (Å²) in [5.74, 6) is -1.46. The van der Waals surface area contributed by atoms with E-state index in [9.17, 15) is 19.3 Å². The quantitative estimate of drug-likeness (QED) is 0.620. The number of hydrogen-bond donors (Lipinski definition) is 0. The van der Waals surface area contributed by atoms with Crippen molar-refractivity contribution in [2.45, 2.75) is 13.3 Å². The van der Waals surface area contributed by atoms with Crippen molar-refractivity contribution >= 4 is 17.3 Å². The number of carbonyl (C=O) groups is 1. The maximum atomic E-state index is 13.5. The van der Waals surface area contributed by atoms with Gasteiger partial charge < -0.3 is 4.90 Å². The van der Waals surface area contributed by atoms with Gasteiger partial charge in [-0.15, -0.1) is 0 Å². The molecule has 122 valence electrons. The molecule has 0 atom stereocenters. The molecule has 0 spiro atoms. The summed E-state index contributed by atoms with van der Waals surface area (Å²) in [6.07, 6.45) is 0.0444. The molecule has 0 bridgehead atoms. The van der Waals surface area contributed by atoms with Crippen LogP contribution in [0.3, 0.4) is 0 Å². The number of hydrogen-bond acceptors (Lipinski definition) is 4. The smallest absolute Gasteiger partial charge is 0.282 e. The Hall–Kier alpha value is -3.27. The fourth-order valence-electron chi connectivity index (χ4n) is 2.22. The van der Waals surface area contributed by atoms with E-state index in [1.165, 1.54) is 4.90 Å². The highest BCUT2D eigenvalue weighted by molar-refractivity contribution is 6.08. The second-order valence-electron chi connectivity index (χ2n) is 5.12. The summed E-state index contributed by atoms with van der Waals surface area (Å²) in [6, 6.07) is 11.6. The predicted octanol–water partition coefficient (Wildman–Crippen LogP) is 3.60. The van der Waals surface area contributed by atoms with Crippen LogP contribution in [-0.2, 0) is 0 Å². The summed E-state index contributed by atoms with van der Waals surface area (Å²) in [4.78, 5) is 24.4. The molecular weight excluding hydrogens is 313 g/mol. The number of nitro benzene ring substituents is 1. The Morgan fingerprint density at radius 2 is 1.96 bits per heavy atom. The minimum atomic E-state index is -0.743. The highest BCUT2D eigenvalue weighted by atomic mass is 19.1. The Labute approximate surface area is 137 Å². The molecule has 0 heterocycles. The lowest BCUT2D eigenvalue weighted by Gasteiger charge is -2.22. The van der Waals surface area contributed by atoms with E-state index in [1.807, 2.05) is 13.0 Å². The lowest BCUT2D eigenvalue weighted by atomic mass is 10.1. The highest BCUT2D eigenvalue weighted by Crippen LogP contribution is 2.25. The van der Waals surface area contributed by atoms with Crippen molar-refractivity contribution in [2.75, 3.05) is 11.4 Å². The molecule has 2 rings (SSSR count). The van der Waals surface area contributed by atoms with Crippen molar-refractivity contribution in [2.24, 2.45) is 0 Å². The molecular formula is C17H14FN3O3. The van der Waals surface area contributed by atoms with Crippen molar-refractivity contribution in [3.8, 4) is 6.07 Å². The Balaban J connectivity index is 2.49. The van der Waals surface area contributed by atoms with Crippen LogP contribution < -0.4 is 4.90 Å². The predicted molar refractivity (Wildman–Crippen MR) is 86.1 cm³/mol. The van der Waals surface area contributed by atoms with Crippen molar-refractivity contribution in [3.63, 3.8) is 0 Å². The molecule has 0 unspecified atom stereocenters. The van der Waals surface area contributed by atoms with Gasteiger partial charge in [0.15, 0.2) is 0 Å². The molecule has 2 aromatic carbocycles. The van der Waals surface area contributed by atoms with Gasteiger partial charge >= 0.3 is 0 Å². The van der Waals surface area contributed by atoms with Gasteiger partial charge in [0.05, 0.1) is 17.4 Å². The Bertz CT molecular complexity index is 813. The number of rotatable bonds is 5. The number of carbonyl (C=O) groups excluding carboxylic acids is 1. The maximum Gasteiger partial charge on any atom is 0.282 e. The summed E-state index contributed by atoms with van der Waals surface area (Å²) in [5, 5.41) is 19.9. The SMILES string of the molecule is Cc1ccc(N(CCC#N)C(=O)c2cc(F)ccc2[N+](=O)[O-])cc1. The van der Waals surface area contributed by atoms with Crippen LogP contribution in [0.15, 0.2) is 42.5 Å². The minimum absolute atomic E-state index is 0.0444. The van der Waals surface area contributed by atoms with E-state index in [0.717, 1.165) is 23.8 Å². The van der Waals surface area contributed by atoms with Gasteiger partial charge in [-0.05, 0) is 31.2 Å². The number of nitro groups is 1. The van der Waals surface area contributed by atoms with E-state index >= 15 is 0 Å². The maximum absolute atomic E-state index is 13.5. The summed E-state index contributed by atoms with van der Waals surface area (Å²) in [6.45, 7) is 1.93. The first-order chi connectivity index (χ1) is 11.4. The molecule has 0 saturated heterocycles. The van der Waals surface area contributed by atoms with Crippen molar-refractivity contribution in [3.05, 3.63) is 69.5 Å². The standard InChI is InChI=1S/C17H14FN3O3/c1-12-3-6-14(7-4-12)20(10-2-9-19)17(22)15-11-13(18)5-8-16(15)21(23)24/h3-8,11H,2,10H2,1H3. The molecule has 6 nitrogen and oxygen atoms in total. The fraction of sp³-hybridized carbons (Fsp3) is 0.176. The van der Waals surface area contributed by atoms with Gasteiger partial charge in [0.2, 0.25) is 0 Å². The molecule has 7 heteroatoms. The number of amides is 1. The minimum Gasteiger partial charge on any atom is -0.307 e. The molecule has 24 heavy (non-hydrogen) atoms. The van der Waals surface area contributed by atoms with Crippen molar-refractivity contribution in [1.82, 2.24) is 0 Å². The first kappa shape index (κ1) is 17.1. The summed E-state index contributed by atoms with van der Waals surface area (Å²) >= 11 is 0. The van der Waals surface area contributed by atoms with Crippen LogP contribution in [0.5, 0.6) is 0 Å². The fourth-order valence-corrected chi connectivity index (χ4v) is 2.22. The number of anilines is 1. The van der Waals surface area contributed by atoms with Gasteiger partial charge in [0, 0.05) is 18.3 Å². The van der Waals surface area contributed by atoms with E-state index in [2.05, 4.69) is 0 Å². The van der Waals surface area contributed by atoms with Crippen molar-refractivity contribution in [1.29, 1.82) is 5.26 Å². The molecule has 0 aliphatic heterocycles. The van der Waals surface area contributed by atoms with E-state index in [4.69, 9.17) is 5.26 Å². The Morgan fingerprint density at radius 1 is 1.29 bits per heavy atom. The molecule has 0 N–H and O–H groups in total. The first-order valence-electron chi connectivity index (χ1n) is 7.13. The number of halogens is 1. The van der Waals surface area contributed by atoms with Crippen LogP contribution in [0, 0.1) is 34.2 Å². The Morgan fingerprint density at radius 3 is 2.54 bits per heavy atom. The summed E-state index contributed by atoms with van der Waals surface area (Å²) in [5.41, 5.74) is 0.636.